The minimum Gasteiger partial charge on any atom is -0.321 e. The average Bonchev–Trinajstić information content (AvgIpc) is 3.61. The number of rotatable bonds is 11. The van der Waals surface area contributed by atoms with Gasteiger partial charge in [0.2, 0.25) is 5.91 Å². The number of benzene rings is 5. The molecule has 5 aromatic carbocycles. The van der Waals surface area contributed by atoms with Gasteiger partial charge in [-0.3, -0.25) is 14.4 Å². The Balaban J connectivity index is 1.09. The highest BCUT2D eigenvalue weighted by molar-refractivity contribution is 8.00. The van der Waals surface area contributed by atoms with E-state index in [2.05, 4.69) is 20.9 Å². The fourth-order valence-electron chi connectivity index (χ4n) is 4.72. The van der Waals surface area contributed by atoms with Crippen molar-refractivity contribution in [3.05, 3.63) is 162 Å². The maximum Gasteiger partial charge on any atom is 0.272 e. The molecule has 48 heavy (non-hydrogen) atoms. The summed E-state index contributed by atoms with van der Waals surface area (Å²) < 4.78 is 0. The van der Waals surface area contributed by atoms with Crippen molar-refractivity contribution >= 4 is 57.7 Å². The Morgan fingerprint density at radius 2 is 1.27 bits per heavy atom. The first-order chi connectivity index (χ1) is 23.5. The van der Waals surface area contributed by atoms with Gasteiger partial charge in [0.15, 0.2) is 5.13 Å². The second-order valence-electron chi connectivity index (χ2n) is 10.6. The van der Waals surface area contributed by atoms with E-state index in [0.29, 0.717) is 16.4 Å². The van der Waals surface area contributed by atoms with Crippen LogP contribution in [0.1, 0.15) is 15.9 Å². The van der Waals surface area contributed by atoms with Gasteiger partial charge in [-0.05, 0) is 59.2 Å². The maximum atomic E-state index is 13.5. The first-order valence-corrected chi connectivity index (χ1v) is 17.0. The molecule has 0 aliphatic rings. The lowest BCUT2D eigenvalue weighted by molar-refractivity contribution is -0.114. The number of hydrogen-bond donors (Lipinski definition) is 3. The average molecular weight is 667 g/mol. The second-order valence-corrected chi connectivity index (χ2v) is 12.5. The summed E-state index contributed by atoms with van der Waals surface area (Å²) in [7, 11) is 0. The molecular weight excluding hydrogens is 637 g/mol. The van der Waals surface area contributed by atoms with Crippen LogP contribution in [-0.2, 0) is 9.59 Å². The van der Waals surface area contributed by atoms with Crippen LogP contribution in [0.4, 0.5) is 10.8 Å². The van der Waals surface area contributed by atoms with Gasteiger partial charge in [0.1, 0.15) is 5.70 Å². The number of anilines is 2. The molecule has 9 heteroatoms. The predicted molar refractivity (Wildman–Crippen MR) is 196 cm³/mol. The van der Waals surface area contributed by atoms with Crippen molar-refractivity contribution in [3.63, 3.8) is 0 Å². The molecule has 0 saturated carbocycles. The van der Waals surface area contributed by atoms with Crippen LogP contribution in [0.25, 0.3) is 28.5 Å². The predicted octanol–water partition coefficient (Wildman–Crippen LogP) is 8.62. The molecule has 0 unspecified atom stereocenters. The van der Waals surface area contributed by atoms with E-state index in [-0.39, 0.29) is 17.4 Å². The SMILES string of the molecule is O=C(CSc1ccc(NC(=O)/C(=C/c2ccc(-c3ccccc3)cc2)NC(=O)c2ccccc2)cc1)Nc1nc(-c2ccccc2)cs1. The molecule has 1 heterocycles. The van der Waals surface area contributed by atoms with Crippen molar-refractivity contribution in [1.82, 2.24) is 10.3 Å². The molecule has 3 amide bonds. The van der Waals surface area contributed by atoms with E-state index in [9.17, 15) is 14.4 Å². The maximum absolute atomic E-state index is 13.5. The molecule has 0 bridgehead atoms. The van der Waals surface area contributed by atoms with Crippen molar-refractivity contribution < 1.29 is 14.4 Å². The summed E-state index contributed by atoms with van der Waals surface area (Å²) in [5.41, 5.74) is 5.79. The highest BCUT2D eigenvalue weighted by Crippen LogP contribution is 2.26. The van der Waals surface area contributed by atoms with Crippen LogP contribution >= 0.6 is 23.1 Å². The van der Waals surface area contributed by atoms with Gasteiger partial charge in [-0.1, -0.05) is 103 Å². The first-order valence-electron chi connectivity index (χ1n) is 15.1. The number of carbonyl (C=O) groups excluding carboxylic acids is 3. The van der Waals surface area contributed by atoms with Crippen molar-refractivity contribution in [3.8, 4) is 22.4 Å². The number of amides is 3. The molecule has 236 valence electrons. The van der Waals surface area contributed by atoms with Gasteiger partial charge in [0, 0.05) is 27.1 Å². The molecule has 0 saturated heterocycles. The van der Waals surface area contributed by atoms with E-state index in [1.165, 1.54) is 23.1 Å². The number of aromatic nitrogens is 1. The van der Waals surface area contributed by atoms with Crippen LogP contribution in [0.5, 0.6) is 0 Å². The molecule has 0 atom stereocenters. The highest BCUT2D eigenvalue weighted by Gasteiger charge is 2.16. The third-order valence-corrected chi connectivity index (χ3v) is 8.93. The fraction of sp³-hybridized carbons (Fsp3) is 0.0256. The van der Waals surface area contributed by atoms with E-state index in [4.69, 9.17) is 0 Å². The molecule has 0 spiro atoms. The second kappa shape index (κ2) is 15.7. The number of nitrogens with zero attached hydrogens (tertiary/aromatic N) is 1. The summed E-state index contributed by atoms with van der Waals surface area (Å²) in [6.45, 7) is 0. The standard InChI is InChI=1S/C39H30N4O3S2/c44-36(43-39-42-35(25-48-39)30-12-6-2-7-13-30)26-47-33-22-20-32(21-23-33)40-38(46)34(41-37(45)31-14-8-3-9-15-31)24-27-16-18-29(19-17-27)28-10-4-1-5-11-28/h1-25H,26H2,(H,40,46)(H,41,45)(H,42,43,44)/b34-24-. The van der Waals surface area contributed by atoms with Crippen LogP contribution in [-0.4, -0.2) is 28.5 Å². The number of carbonyl (C=O) groups is 3. The van der Waals surface area contributed by atoms with Gasteiger partial charge in [0.05, 0.1) is 11.4 Å². The van der Waals surface area contributed by atoms with Gasteiger partial charge in [-0.25, -0.2) is 4.98 Å². The van der Waals surface area contributed by atoms with E-state index < -0.39 is 11.8 Å². The largest absolute Gasteiger partial charge is 0.321 e. The van der Waals surface area contributed by atoms with E-state index in [1.807, 2.05) is 109 Å². The lowest BCUT2D eigenvalue weighted by Gasteiger charge is -2.12. The van der Waals surface area contributed by atoms with Gasteiger partial charge >= 0.3 is 0 Å². The summed E-state index contributed by atoms with van der Waals surface area (Å²) in [6, 6.07) is 43.5. The third kappa shape index (κ3) is 8.73. The minimum absolute atomic E-state index is 0.101. The molecule has 7 nitrogen and oxygen atoms in total. The molecule has 0 radical (unpaired) electrons. The summed E-state index contributed by atoms with van der Waals surface area (Å²) in [6.07, 6.45) is 1.65. The Labute approximate surface area is 286 Å². The quantitative estimate of drug-likeness (QED) is 0.0950. The van der Waals surface area contributed by atoms with Crippen LogP contribution in [0.3, 0.4) is 0 Å². The van der Waals surface area contributed by atoms with E-state index in [0.717, 1.165) is 32.8 Å². The summed E-state index contributed by atoms with van der Waals surface area (Å²) in [5, 5.41) is 11.0. The molecule has 1 aromatic heterocycles. The molecule has 3 N–H and O–H groups in total. The topological polar surface area (TPSA) is 100 Å². The molecule has 0 aliphatic heterocycles. The van der Waals surface area contributed by atoms with Crippen molar-refractivity contribution in [2.45, 2.75) is 4.90 Å². The zero-order valence-electron chi connectivity index (χ0n) is 25.6. The van der Waals surface area contributed by atoms with Crippen LogP contribution < -0.4 is 16.0 Å². The first kappa shape index (κ1) is 32.2. The fourth-order valence-corrected chi connectivity index (χ4v) is 6.16. The highest BCUT2D eigenvalue weighted by atomic mass is 32.2. The molecule has 0 fully saturated rings. The minimum atomic E-state index is -0.468. The lowest BCUT2D eigenvalue weighted by Crippen LogP contribution is -2.30. The van der Waals surface area contributed by atoms with E-state index >= 15 is 0 Å². The van der Waals surface area contributed by atoms with Gasteiger partial charge < -0.3 is 16.0 Å². The van der Waals surface area contributed by atoms with Crippen LogP contribution in [0.15, 0.2) is 155 Å². The molecule has 6 rings (SSSR count). The van der Waals surface area contributed by atoms with Gasteiger partial charge in [-0.15, -0.1) is 23.1 Å². The number of thioether (sulfide) groups is 1. The van der Waals surface area contributed by atoms with Crippen molar-refractivity contribution in [1.29, 1.82) is 0 Å². The van der Waals surface area contributed by atoms with E-state index in [1.54, 1.807) is 42.5 Å². The van der Waals surface area contributed by atoms with Crippen molar-refractivity contribution in [2.75, 3.05) is 16.4 Å². The van der Waals surface area contributed by atoms with Crippen molar-refractivity contribution in [2.24, 2.45) is 0 Å². The monoisotopic (exact) mass is 666 g/mol. The Morgan fingerprint density at radius 3 is 1.94 bits per heavy atom. The third-order valence-electron chi connectivity index (χ3n) is 7.16. The van der Waals surface area contributed by atoms with Gasteiger partial charge in [-0.2, -0.15) is 0 Å². The zero-order chi connectivity index (χ0) is 33.1. The lowest BCUT2D eigenvalue weighted by atomic mass is 10.0. The Morgan fingerprint density at radius 1 is 0.667 bits per heavy atom. The van der Waals surface area contributed by atoms with Gasteiger partial charge in [0.25, 0.3) is 11.8 Å². The molecule has 6 aromatic rings. The Kier molecular flexibility index (Phi) is 10.5. The molecule has 0 aliphatic carbocycles. The Hall–Kier alpha value is -5.77. The smallest absolute Gasteiger partial charge is 0.272 e. The number of thiazole rings is 1. The summed E-state index contributed by atoms with van der Waals surface area (Å²) in [5.74, 6) is -0.818. The summed E-state index contributed by atoms with van der Waals surface area (Å²) in [4.78, 5) is 44.5. The Bertz CT molecular complexity index is 2030. The number of nitrogens with one attached hydrogen (secondary N) is 3. The normalized spacial score (nSPS) is 11.0. The van der Waals surface area contributed by atoms with Crippen LogP contribution in [0.2, 0.25) is 0 Å². The molecular formula is C39H30N4O3S2. The number of hydrogen-bond acceptors (Lipinski definition) is 6. The summed E-state index contributed by atoms with van der Waals surface area (Å²) >= 11 is 2.76. The van der Waals surface area contributed by atoms with Crippen LogP contribution in [0, 0.1) is 0 Å². The zero-order valence-corrected chi connectivity index (χ0v) is 27.3.